The summed E-state index contributed by atoms with van der Waals surface area (Å²) in [7, 11) is -3.48. The van der Waals surface area contributed by atoms with Crippen LogP contribution in [-0.4, -0.2) is 38.5 Å². The first kappa shape index (κ1) is 16.7. The van der Waals surface area contributed by atoms with Crippen LogP contribution in [0, 0.1) is 0 Å². The molecule has 0 unspecified atom stereocenters. The third-order valence-electron chi connectivity index (χ3n) is 2.94. The molecule has 20 heavy (non-hydrogen) atoms. The van der Waals surface area contributed by atoms with Crippen molar-refractivity contribution in [3.63, 3.8) is 0 Å². The van der Waals surface area contributed by atoms with Crippen molar-refractivity contribution in [2.75, 3.05) is 19.0 Å². The number of carboxylic acids is 1. The van der Waals surface area contributed by atoms with E-state index in [0.29, 0.717) is 31.6 Å². The van der Waals surface area contributed by atoms with Crippen LogP contribution in [0.4, 0.5) is 0 Å². The summed E-state index contributed by atoms with van der Waals surface area (Å²) in [5.41, 5.74) is 0.636. The molecule has 1 rings (SSSR count). The minimum Gasteiger partial charge on any atom is -0.478 e. The molecule has 0 saturated carbocycles. The molecule has 1 N–H and O–H groups in total. The molecular weight excluding hydrogens is 280 g/mol. The van der Waals surface area contributed by atoms with Gasteiger partial charge >= 0.3 is 5.97 Å². The predicted molar refractivity (Wildman–Crippen MR) is 75.9 cm³/mol. The number of ether oxygens (including phenoxy) is 1. The van der Waals surface area contributed by atoms with E-state index in [9.17, 15) is 13.2 Å². The zero-order valence-corrected chi connectivity index (χ0v) is 12.6. The molecule has 0 aromatic heterocycles. The van der Waals surface area contributed by atoms with E-state index in [1.807, 2.05) is 13.8 Å². The van der Waals surface area contributed by atoms with Crippen LogP contribution in [0.25, 0.3) is 0 Å². The number of rotatable bonds is 8. The summed E-state index contributed by atoms with van der Waals surface area (Å²) < 4.78 is 29.7. The molecule has 0 amide bonds. The number of benzene rings is 1. The quantitative estimate of drug-likeness (QED) is 0.744. The highest BCUT2D eigenvalue weighted by atomic mass is 32.2. The molecule has 0 fully saturated rings. The Balaban J connectivity index is 3.02. The van der Waals surface area contributed by atoms with Crippen LogP contribution in [0.1, 0.15) is 36.2 Å². The first-order chi connectivity index (χ1) is 9.42. The van der Waals surface area contributed by atoms with Crippen molar-refractivity contribution < 1.29 is 23.1 Å². The van der Waals surface area contributed by atoms with E-state index >= 15 is 0 Å². The zero-order valence-electron chi connectivity index (χ0n) is 11.8. The van der Waals surface area contributed by atoms with Crippen molar-refractivity contribution in [2.24, 2.45) is 0 Å². The minimum atomic E-state index is -3.48. The van der Waals surface area contributed by atoms with Gasteiger partial charge in [0.15, 0.2) is 9.84 Å². The largest absolute Gasteiger partial charge is 0.478 e. The summed E-state index contributed by atoms with van der Waals surface area (Å²) in [5, 5.41) is 8.97. The summed E-state index contributed by atoms with van der Waals surface area (Å²) in [6.45, 7) is 4.62. The summed E-state index contributed by atoms with van der Waals surface area (Å²) >= 11 is 0. The Bertz CT molecular complexity index is 563. The average molecular weight is 300 g/mol. The number of aryl methyl sites for hydroxylation is 1. The van der Waals surface area contributed by atoms with E-state index in [1.165, 1.54) is 12.1 Å². The van der Waals surface area contributed by atoms with Gasteiger partial charge in [-0.2, -0.15) is 0 Å². The Morgan fingerprint density at radius 1 is 1.30 bits per heavy atom. The maximum atomic E-state index is 12.3. The molecule has 112 valence electrons. The lowest BCUT2D eigenvalue weighted by molar-refractivity contribution is 0.0696. The molecule has 1 aromatic carbocycles. The lowest BCUT2D eigenvalue weighted by Crippen LogP contribution is -2.13. The highest BCUT2D eigenvalue weighted by molar-refractivity contribution is 7.91. The second-order valence-electron chi connectivity index (χ2n) is 4.35. The van der Waals surface area contributed by atoms with Crippen LogP contribution in [-0.2, 0) is 21.0 Å². The van der Waals surface area contributed by atoms with E-state index in [4.69, 9.17) is 9.84 Å². The monoisotopic (exact) mass is 300 g/mol. The Kier molecular flexibility index (Phi) is 6.16. The van der Waals surface area contributed by atoms with Gasteiger partial charge in [-0.3, -0.25) is 0 Å². The summed E-state index contributed by atoms with van der Waals surface area (Å²) in [4.78, 5) is 11.1. The SMILES string of the molecule is CCOCCCS(=O)(=O)c1cc(C(=O)O)ccc1CC. The normalized spacial score (nSPS) is 11.5. The maximum absolute atomic E-state index is 12.3. The summed E-state index contributed by atoms with van der Waals surface area (Å²) in [6.07, 6.45) is 0.941. The minimum absolute atomic E-state index is 0.00872. The second-order valence-corrected chi connectivity index (χ2v) is 6.43. The van der Waals surface area contributed by atoms with Gasteiger partial charge in [0, 0.05) is 13.2 Å². The van der Waals surface area contributed by atoms with Crippen molar-refractivity contribution in [3.8, 4) is 0 Å². The second kappa shape index (κ2) is 7.40. The van der Waals surface area contributed by atoms with E-state index in [0.717, 1.165) is 0 Å². The lowest BCUT2D eigenvalue weighted by atomic mass is 10.1. The number of hydrogen-bond donors (Lipinski definition) is 1. The van der Waals surface area contributed by atoms with Crippen molar-refractivity contribution in [2.45, 2.75) is 31.6 Å². The average Bonchev–Trinajstić information content (AvgIpc) is 2.42. The Labute approximate surface area is 119 Å². The Morgan fingerprint density at radius 2 is 2.00 bits per heavy atom. The molecule has 0 spiro atoms. The van der Waals surface area contributed by atoms with Gasteiger partial charge in [-0.1, -0.05) is 13.0 Å². The molecule has 0 aliphatic carbocycles. The highest BCUT2D eigenvalue weighted by Crippen LogP contribution is 2.20. The topological polar surface area (TPSA) is 80.7 Å². The van der Waals surface area contributed by atoms with Crippen molar-refractivity contribution >= 4 is 15.8 Å². The number of sulfone groups is 1. The summed E-state index contributed by atoms with van der Waals surface area (Å²) in [6, 6.07) is 4.25. The van der Waals surface area contributed by atoms with Gasteiger partial charge in [0.2, 0.25) is 0 Å². The predicted octanol–water partition coefficient (Wildman–Crippen LogP) is 2.15. The lowest BCUT2D eigenvalue weighted by Gasteiger charge is -2.10. The fourth-order valence-electron chi connectivity index (χ4n) is 1.87. The molecule has 0 saturated heterocycles. The zero-order chi connectivity index (χ0) is 15.2. The van der Waals surface area contributed by atoms with Crippen LogP contribution in [0.15, 0.2) is 23.1 Å². The first-order valence-corrected chi connectivity index (χ1v) is 8.24. The van der Waals surface area contributed by atoms with Crippen molar-refractivity contribution in [1.82, 2.24) is 0 Å². The van der Waals surface area contributed by atoms with E-state index < -0.39 is 15.8 Å². The molecule has 0 radical (unpaired) electrons. The molecule has 0 bridgehead atoms. The molecule has 0 aliphatic rings. The van der Waals surface area contributed by atoms with Crippen LogP contribution >= 0.6 is 0 Å². The van der Waals surface area contributed by atoms with Gasteiger partial charge in [-0.25, -0.2) is 13.2 Å². The van der Waals surface area contributed by atoms with Crippen LogP contribution in [0.2, 0.25) is 0 Å². The van der Waals surface area contributed by atoms with Crippen LogP contribution < -0.4 is 0 Å². The maximum Gasteiger partial charge on any atom is 0.335 e. The number of carbonyl (C=O) groups is 1. The van der Waals surface area contributed by atoms with E-state index in [-0.39, 0.29) is 16.2 Å². The van der Waals surface area contributed by atoms with Crippen LogP contribution in [0.5, 0.6) is 0 Å². The van der Waals surface area contributed by atoms with Gasteiger partial charge < -0.3 is 9.84 Å². The van der Waals surface area contributed by atoms with Gasteiger partial charge in [-0.15, -0.1) is 0 Å². The smallest absolute Gasteiger partial charge is 0.335 e. The fourth-order valence-corrected chi connectivity index (χ4v) is 3.51. The van der Waals surface area contributed by atoms with Crippen LogP contribution in [0.3, 0.4) is 0 Å². The molecule has 1 aromatic rings. The molecule has 0 heterocycles. The van der Waals surface area contributed by atoms with Gasteiger partial charge in [-0.05, 0) is 37.5 Å². The summed E-state index contributed by atoms with van der Waals surface area (Å²) in [5.74, 6) is -1.17. The standard InChI is InChI=1S/C14H20O5S/c1-3-11-6-7-12(14(15)16)10-13(11)20(17,18)9-5-8-19-4-2/h6-7,10H,3-5,8-9H2,1-2H3,(H,15,16). The molecule has 6 heteroatoms. The van der Waals surface area contributed by atoms with Crippen molar-refractivity contribution in [3.05, 3.63) is 29.3 Å². The fraction of sp³-hybridized carbons (Fsp3) is 0.500. The third kappa shape index (κ3) is 4.31. The number of hydrogen-bond acceptors (Lipinski definition) is 4. The first-order valence-electron chi connectivity index (χ1n) is 6.59. The Morgan fingerprint density at radius 3 is 2.55 bits per heavy atom. The molecular formula is C14H20O5S. The van der Waals surface area contributed by atoms with Gasteiger partial charge in [0.25, 0.3) is 0 Å². The number of aromatic carboxylic acids is 1. The number of carboxylic acid groups (broad SMARTS) is 1. The van der Waals surface area contributed by atoms with Gasteiger partial charge in [0.05, 0.1) is 16.2 Å². The van der Waals surface area contributed by atoms with E-state index in [1.54, 1.807) is 6.07 Å². The highest BCUT2D eigenvalue weighted by Gasteiger charge is 2.19. The van der Waals surface area contributed by atoms with Crippen molar-refractivity contribution in [1.29, 1.82) is 0 Å². The molecule has 0 atom stereocenters. The third-order valence-corrected chi connectivity index (χ3v) is 4.81. The molecule has 0 aliphatic heterocycles. The Hall–Kier alpha value is -1.40. The van der Waals surface area contributed by atoms with Gasteiger partial charge in [0.1, 0.15) is 0 Å². The molecule has 5 nitrogen and oxygen atoms in total. The van der Waals surface area contributed by atoms with E-state index in [2.05, 4.69) is 0 Å².